The number of hydrogen-bond acceptors (Lipinski definition) is 0. The van der Waals surface area contributed by atoms with Crippen LogP contribution in [0.2, 0.25) is 18.1 Å². The topological polar surface area (TPSA) is 3.88 Å². The number of pyridine rings is 1. The lowest BCUT2D eigenvalue weighted by molar-refractivity contribution is -0.659. The molecule has 0 bridgehead atoms. The highest BCUT2D eigenvalue weighted by Crippen LogP contribution is 2.31. The van der Waals surface area contributed by atoms with Crippen molar-refractivity contribution in [3.63, 3.8) is 0 Å². The summed E-state index contributed by atoms with van der Waals surface area (Å²) in [6.07, 6.45) is 2.22. The SMILES string of the molecule is CC[Si](CC)(CC)c1ccc2c(-c3ccc(-c4ccccc4)cc3C)[n+](C)ccc2c1. The Hall–Kier alpha value is -2.71. The highest BCUT2D eigenvalue weighted by atomic mass is 28.3. The molecule has 0 aliphatic rings. The molecule has 0 unspecified atom stereocenters. The quantitative estimate of drug-likeness (QED) is 0.231. The average Bonchev–Trinajstić information content (AvgIpc) is 2.81. The zero-order valence-corrected chi connectivity index (χ0v) is 20.6. The van der Waals surface area contributed by atoms with Gasteiger partial charge in [-0.2, -0.15) is 0 Å². The normalized spacial score (nSPS) is 11.8. The van der Waals surface area contributed by atoms with Gasteiger partial charge in [0, 0.05) is 11.6 Å². The van der Waals surface area contributed by atoms with Crippen molar-refractivity contribution in [1.29, 1.82) is 0 Å². The molecule has 158 valence electrons. The molecule has 0 atom stereocenters. The third-order valence-electron chi connectivity index (χ3n) is 7.37. The maximum Gasteiger partial charge on any atom is 0.220 e. The molecule has 1 aromatic heterocycles. The summed E-state index contributed by atoms with van der Waals surface area (Å²) < 4.78 is 2.27. The van der Waals surface area contributed by atoms with Gasteiger partial charge in [-0.25, -0.2) is 4.57 Å². The summed E-state index contributed by atoms with van der Waals surface area (Å²) in [6.45, 7) is 9.39. The second kappa shape index (κ2) is 8.80. The number of fused-ring (bicyclic) bond motifs is 1. The molecule has 0 saturated carbocycles. The first-order chi connectivity index (χ1) is 15.0. The molecule has 4 aromatic rings. The van der Waals surface area contributed by atoms with Crippen LogP contribution < -0.4 is 9.75 Å². The van der Waals surface area contributed by atoms with E-state index >= 15 is 0 Å². The van der Waals surface area contributed by atoms with Crippen molar-refractivity contribution in [2.75, 3.05) is 0 Å². The fourth-order valence-corrected chi connectivity index (χ4v) is 8.76. The second-order valence-electron chi connectivity index (χ2n) is 8.81. The second-order valence-corrected chi connectivity index (χ2v) is 14.1. The molecule has 0 fully saturated rings. The first-order valence-electron chi connectivity index (χ1n) is 11.6. The molecule has 0 spiro atoms. The third kappa shape index (κ3) is 3.85. The number of nitrogens with zero attached hydrogens (tertiary/aromatic N) is 1. The largest absolute Gasteiger partial charge is 0.220 e. The Kier molecular flexibility index (Phi) is 6.11. The van der Waals surface area contributed by atoms with Crippen molar-refractivity contribution in [2.45, 2.75) is 45.8 Å². The maximum absolute atomic E-state index is 2.50. The molecule has 0 aliphatic heterocycles. The molecule has 0 N–H and O–H groups in total. The molecule has 0 aliphatic carbocycles. The van der Waals surface area contributed by atoms with E-state index in [2.05, 4.69) is 118 Å². The zero-order valence-electron chi connectivity index (χ0n) is 19.6. The first kappa shape index (κ1) is 21.5. The molecule has 3 aromatic carbocycles. The maximum atomic E-state index is 2.50. The van der Waals surface area contributed by atoms with Crippen LogP contribution in [0.1, 0.15) is 26.3 Å². The van der Waals surface area contributed by atoms with E-state index in [1.807, 2.05) is 0 Å². The summed E-state index contributed by atoms with van der Waals surface area (Å²) in [5.41, 5.74) is 6.47. The molecule has 0 saturated heterocycles. The third-order valence-corrected chi connectivity index (χ3v) is 13.0. The molecule has 1 heterocycles. The number of hydrogen-bond donors (Lipinski definition) is 0. The monoisotopic (exact) mass is 424 g/mol. The van der Waals surface area contributed by atoms with Crippen molar-refractivity contribution >= 4 is 24.0 Å². The smallest absolute Gasteiger partial charge is 0.200 e. The Morgan fingerprint density at radius 1 is 0.742 bits per heavy atom. The lowest BCUT2D eigenvalue weighted by atomic mass is 9.95. The molecular weight excluding hydrogens is 390 g/mol. The molecule has 1 nitrogen and oxygen atoms in total. The zero-order chi connectivity index (χ0) is 22.0. The van der Waals surface area contributed by atoms with Crippen LogP contribution in [-0.4, -0.2) is 8.07 Å². The van der Waals surface area contributed by atoms with Crippen LogP contribution in [0.25, 0.3) is 33.2 Å². The Balaban J connectivity index is 1.85. The van der Waals surface area contributed by atoms with Gasteiger partial charge in [-0.1, -0.05) is 98.7 Å². The van der Waals surface area contributed by atoms with E-state index in [1.54, 1.807) is 5.19 Å². The predicted octanol–water partition coefficient (Wildman–Crippen LogP) is 7.02. The molecular formula is C29H34NSi+. The molecule has 2 heteroatoms. The fraction of sp³-hybridized carbons (Fsp3) is 0.276. The summed E-state index contributed by atoms with van der Waals surface area (Å²) in [7, 11) is 0.779. The standard InChI is InChI=1S/C29H34NSi/c1-6-31(7-2,8-3)26-15-17-28-25(21-26)18-19-30(5)29(28)27-16-14-24(20-22(27)4)23-12-10-9-11-13-23/h9-21H,6-8H2,1-5H3/q+1. The minimum atomic E-state index is -1.38. The summed E-state index contributed by atoms with van der Waals surface area (Å²) in [6, 6.07) is 31.1. The van der Waals surface area contributed by atoms with E-state index in [0.29, 0.717) is 0 Å². The van der Waals surface area contributed by atoms with Crippen LogP contribution in [0.15, 0.2) is 79.0 Å². The van der Waals surface area contributed by atoms with Crippen LogP contribution >= 0.6 is 0 Å². The van der Waals surface area contributed by atoms with E-state index in [9.17, 15) is 0 Å². The van der Waals surface area contributed by atoms with Gasteiger partial charge in [0.05, 0.1) is 13.5 Å². The molecule has 31 heavy (non-hydrogen) atoms. The van der Waals surface area contributed by atoms with E-state index in [1.165, 1.54) is 56.9 Å². The van der Waals surface area contributed by atoms with Gasteiger partial charge in [0.15, 0.2) is 6.20 Å². The summed E-state index contributed by atoms with van der Waals surface area (Å²) in [5, 5.41) is 4.32. The van der Waals surface area contributed by atoms with Crippen LogP contribution in [0.4, 0.5) is 0 Å². The van der Waals surface area contributed by atoms with Gasteiger partial charge in [-0.3, -0.25) is 0 Å². The Labute approximate surface area is 188 Å². The minimum absolute atomic E-state index is 1.27. The van der Waals surface area contributed by atoms with E-state index in [0.717, 1.165) is 0 Å². The van der Waals surface area contributed by atoms with Gasteiger partial charge in [0.1, 0.15) is 7.05 Å². The number of aromatic nitrogens is 1. The van der Waals surface area contributed by atoms with Gasteiger partial charge in [-0.05, 0) is 41.1 Å². The van der Waals surface area contributed by atoms with Crippen LogP contribution in [-0.2, 0) is 7.05 Å². The Morgan fingerprint density at radius 3 is 2.10 bits per heavy atom. The van der Waals surface area contributed by atoms with E-state index < -0.39 is 8.07 Å². The first-order valence-corrected chi connectivity index (χ1v) is 14.2. The summed E-state index contributed by atoms with van der Waals surface area (Å²) >= 11 is 0. The van der Waals surface area contributed by atoms with E-state index in [4.69, 9.17) is 0 Å². The summed E-state index contributed by atoms with van der Waals surface area (Å²) in [4.78, 5) is 0. The van der Waals surface area contributed by atoms with Crippen molar-refractivity contribution in [3.8, 4) is 22.4 Å². The van der Waals surface area contributed by atoms with Gasteiger partial charge in [-0.15, -0.1) is 0 Å². The predicted molar refractivity (Wildman–Crippen MR) is 138 cm³/mol. The lowest BCUT2D eigenvalue weighted by Crippen LogP contribution is -2.45. The Bertz CT molecular complexity index is 1200. The highest BCUT2D eigenvalue weighted by Gasteiger charge is 2.29. The van der Waals surface area contributed by atoms with Crippen LogP contribution in [0, 0.1) is 6.92 Å². The average molecular weight is 425 g/mol. The van der Waals surface area contributed by atoms with Crippen molar-refractivity contribution in [2.24, 2.45) is 7.05 Å². The van der Waals surface area contributed by atoms with Crippen LogP contribution in [0.5, 0.6) is 0 Å². The summed E-state index contributed by atoms with van der Waals surface area (Å²) in [5.74, 6) is 0. The molecule has 4 rings (SSSR count). The number of aryl methyl sites for hydroxylation is 2. The van der Waals surface area contributed by atoms with Gasteiger partial charge >= 0.3 is 0 Å². The molecule has 0 radical (unpaired) electrons. The van der Waals surface area contributed by atoms with Crippen molar-refractivity contribution < 1.29 is 4.57 Å². The van der Waals surface area contributed by atoms with Gasteiger partial charge < -0.3 is 0 Å². The van der Waals surface area contributed by atoms with Gasteiger partial charge in [0.25, 0.3) is 0 Å². The minimum Gasteiger partial charge on any atom is -0.200 e. The number of benzene rings is 3. The van der Waals surface area contributed by atoms with Crippen LogP contribution in [0.3, 0.4) is 0 Å². The lowest BCUT2D eigenvalue weighted by Gasteiger charge is -2.29. The fourth-order valence-electron chi connectivity index (χ4n) is 5.14. The van der Waals surface area contributed by atoms with Gasteiger partial charge in [0.2, 0.25) is 5.69 Å². The van der Waals surface area contributed by atoms with Crippen molar-refractivity contribution in [1.82, 2.24) is 0 Å². The highest BCUT2D eigenvalue weighted by molar-refractivity contribution is 6.91. The number of rotatable bonds is 6. The Morgan fingerprint density at radius 2 is 1.45 bits per heavy atom. The van der Waals surface area contributed by atoms with E-state index in [-0.39, 0.29) is 0 Å². The van der Waals surface area contributed by atoms with Crippen molar-refractivity contribution in [3.05, 3.63) is 84.6 Å². The molecule has 0 amide bonds.